The number of nitrogens with zero attached hydrogens (tertiary/aromatic N) is 2. The number of amides is 1. The van der Waals surface area contributed by atoms with Crippen molar-refractivity contribution in [2.75, 3.05) is 46.5 Å². The normalized spacial score (nSPS) is 16.5. The maximum absolute atomic E-state index is 13.5. The molecule has 1 unspecified atom stereocenters. The van der Waals surface area contributed by atoms with Crippen LogP contribution in [0.5, 0.6) is 17.2 Å². The Morgan fingerprint density at radius 3 is 2.22 bits per heavy atom. The molecule has 1 heterocycles. The van der Waals surface area contributed by atoms with Gasteiger partial charge in [-0.25, -0.2) is 0 Å². The smallest absolute Gasteiger partial charge is 0.295 e. The van der Waals surface area contributed by atoms with Gasteiger partial charge in [-0.15, -0.1) is 0 Å². The molecule has 0 bridgehead atoms. The number of aliphatic hydroxyl groups is 1. The van der Waals surface area contributed by atoms with Crippen LogP contribution in [0.2, 0.25) is 0 Å². The molecule has 2 aromatic rings. The number of aryl methyl sites for hydroxylation is 1. The zero-order valence-corrected chi connectivity index (χ0v) is 25.5. The number of hydrogen-bond donors (Lipinski definition) is 1. The van der Waals surface area contributed by atoms with E-state index in [0.29, 0.717) is 54.7 Å². The number of methoxy groups -OCH3 is 1. The summed E-state index contributed by atoms with van der Waals surface area (Å²) in [4.78, 5) is 30.7. The molecular formula is C33H46N2O6. The lowest BCUT2D eigenvalue weighted by Crippen LogP contribution is -2.38. The molecule has 1 fully saturated rings. The molecule has 1 aliphatic rings. The first-order valence-corrected chi connectivity index (χ1v) is 14.9. The van der Waals surface area contributed by atoms with E-state index in [0.717, 1.165) is 44.3 Å². The number of carbonyl (C=O) groups is 2. The van der Waals surface area contributed by atoms with E-state index in [2.05, 4.69) is 32.6 Å². The lowest BCUT2D eigenvalue weighted by Gasteiger charge is -2.28. The van der Waals surface area contributed by atoms with E-state index < -0.39 is 17.7 Å². The molecule has 0 aliphatic carbocycles. The fourth-order valence-electron chi connectivity index (χ4n) is 5.02. The SMILES string of the molecule is CCCCOc1ccc(/C(O)=C2\C(=O)C(=O)N(CCN(CC)CC)C2c2ccc(OCCCC)c(OC)c2)c(C)c1. The van der Waals surface area contributed by atoms with Gasteiger partial charge in [0.05, 0.1) is 31.9 Å². The Bertz CT molecular complexity index is 1220. The standard InChI is InChI=1S/C33H46N2O6/c1-7-11-19-40-25-14-15-26(23(5)21-25)31(36)29-30(35(33(38)32(29)37)18-17-34(9-3)10-4)24-13-16-27(28(22-24)39-6)41-20-12-8-2/h13-16,21-22,30,36H,7-12,17-20H2,1-6H3/b31-29+. The molecule has 3 rings (SSSR count). The molecule has 41 heavy (non-hydrogen) atoms. The van der Waals surface area contributed by atoms with Gasteiger partial charge in [0.1, 0.15) is 11.5 Å². The number of ketones is 1. The predicted octanol–water partition coefficient (Wildman–Crippen LogP) is 6.12. The van der Waals surface area contributed by atoms with Crippen molar-refractivity contribution < 1.29 is 28.9 Å². The van der Waals surface area contributed by atoms with Crippen LogP contribution in [-0.2, 0) is 9.59 Å². The molecule has 0 aromatic heterocycles. The predicted molar refractivity (Wildman–Crippen MR) is 162 cm³/mol. The van der Waals surface area contributed by atoms with Crippen LogP contribution in [0.1, 0.15) is 76.1 Å². The summed E-state index contributed by atoms with van der Waals surface area (Å²) >= 11 is 0. The van der Waals surface area contributed by atoms with Gasteiger partial charge >= 0.3 is 0 Å². The number of aliphatic hydroxyl groups excluding tert-OH is 1. The Balaban J connectivity index is 2.09. The van der Waals surface area contributed by atoms with Crippen molar-refractivity contribution in [3.05, 3.63) is 58.7 Å². The summed E-state index contributed by atoms with van der Waals surface area (Å²) in [5.41, 5.74) is 1.98. The molecule has 0 spiro atoms. The summed E-state index contributed by atoms with van der Waals surface area (Å²) in [5.74, 6) is 0.294. The van der Waals surface area contributed by atoms with E-state index in [1.807, 2.05) is 25.1 Å². The van der Waals surface area contributed by atoms with Crippen molar-refractivity contribution in [1.29, 1.82) is 0 Å². The third-order valence-corrected chi connectivity index (χ3v) is 7.57. The number of Topliss-reactive ketones (excluding diaryl/α,β-unsaturated/α-hetero) is 1. The molecule has 8 nitrogen and oxygen atoms in total. The fraction of sp³-hybridized carbons (Fsp3) is 0.515. The van der Waals surface area contributed by atoms with Crippen LogP contribution in [0.15, 0.2) is 42.0 Å². The zero-order valence-electron chi connectivity index (χ0n) is 25.5. The highest BCUT2D eigenvalue weighted by Gasteiger charge is 2.46. The van der Waals surface area contributed by atoms with Gasteiger partial charge in [0.25, 0.3) is 11.7 Å². The highest BCUT2D eigenvalue weighted by Crippen LogP contribution is 2.42. The Kier molecular flexibility index (Phi) is 12.1. The lowest BCUT2D eigenvalue weighted by molar-refractivity contribution is -0.140. The second-order valence-electron chi connectivity index (χ2n) is 10.3. The molecule has 1 atom stereocenters. The van der Waals surface area contributed by atoms with Crippen molar-refractivity contribution in [2.45, 2.75) is 66.3 Å². The highest BCUT2D eigenvalue weighted by atomic mass is 16.5. The summed E-state index contributed by atoms with van der Waals surface area (Å²) in [7, 11) is 1.57. The minimum absolute atomic E-state index is 0.0685. The number of benzene rings is 2. The van der Waals surface area contributed by atoms with Crippen LogP contribution in [0.3, 0.4) is 0 Å². The van der Waals surface area contributed by atoms with Gasteiger partial charge in [0, 0.05) is 18.7 Å². The number of rotatable bonds is 16. The Morgan fingerprint density at radius 2 is 1.61 bits per heavy atom. The van der Waals surface area contributed by atoms with E-state index in [-0.39, 0.29) is 11.3 Å². The van der Waals surface area contributed by atoms with Crippen molar-refractivity contribution >= 4 is 17.4 Å². The van der Waals surface area contributed by atoms with Crippen molar-refractivity contribution in [1.82, 2.24) is 9.80 Å². The van der Waals surface area contributed by atoms with Crippen molar-refractivity contribution in [3.63, 3.8) is 0 Å². The van der Waals surface area contributed by atoms with Gasteiger partial charge in [-0.3, -0.25) is 9.59 Å². The molecule has 0 saturated carbocycles. The number of unbranched alkanes of at least 4 members (excludes halogenated alkanes) is 2. The number of hydrogen-bond acceptors (Lipinski definition) is 7. The molecule has 0 radical (unpaired) electrons. The molecular weight excluding hydrogens is 520 g/mol. The molecule has 8 heteroatoms. The maximum atomic E-state index is 13.5. The Morgan fingerprint density at radius 1 is 0.927 bits per heavy atom. The number of ether oxygens (including phenoxy) is 3. The van der Waals surface area contributed by atoms with Crippen LogP contribution in [0, 0.1) is 6.92 Å². The summed E-state index contributed by atoms with van der Waals surface area (Å²) < 4.78 is 17.4. The fourth-order valence-corrected chi connectivity index (χ4v) is 5.02. The van der Waals surface area contributed by atoms with E-state index in [9.17, 15) is 14.7 Å². The first-order valence-electron chi connectivity index (χ1n) is 14.9. The summed E-state index contributed by atoms with van der Waals surface area (Å²) in [6, 6.07) is 10.1. The van der Waals surface area contributed by atoms with Crippen molar-refractivity contribution in [3.8, 4) is 17.2 Å². The minimum Gasteiger partial charge on any atom is -0.507 e. The molecule has 1 N–H and O–H groups in total. The molecule has 2 aromatic carbocycles. The first-order chi connectivity index (χ1) is 19.8. The second kappa shape index (κ2) is 15.5. The van der Waals surface area contributed by atoms with Gasteiger partial charge < -0.3 is 29.1 Å². The largest absolute Gasteiger partial charge is 0.507 e. The van der Waals surface area contributed by atoms with E-state index in [1.165, 1.54) is 0 Å². The third-order valence-electron chi connectivity index (χ3n) is 7.57. The van der Waals surface area contributed by atoms with Crippen LogP contribution in [0.25, 0.3) is 5.76 Å². The van der Waals surface area contributed by atoms with Gasteiger partial charge in [-0.2, -0.15) is 0 Å². The zero-order chi connectivity index (χ0) is 29.9. The Labute approximate surface area is 244 Å². The topological polar surface area (TPSA) is 88.5 Å². The second-order valence-corrected chi connectivity index (χ2v) is 10.3. The summed E-state index contributed by atoms with van der Waals surface area (Å²) in [6.45, 7) is 14.0. The average Bonchev–Trinajstić information content (AvgIpc) is 3.23. The van der Waals surface area contributed by atoms with Gasteiger partial charge in [-0.05, 0) is 74.3 Å². The van der Waals surface area contributed by atoms with Gasteiger partial charge in [-0.1, -0.05) is 46.6 Å². The summed E-state index contributed by atoms with van der Waals surface area (Å²) in [5, 5.41) is 11.6. The molecule has 1 aliphatic heterocycles. The highest BCUT2D eigenvalue weighted by molar-refractivity contribution is 6.46. The van der Waals surface area contributed by atoms with Crippen LogP contribution in [0.4, 0.5) is 0 Å². The van der Waals surface area contributed by atoms with Gasteiger partial charge in [0.15, 0.2) is 11.5 Å². The lowest BCUT2D eigenvalue weighted by atomic mass is 9.93. The minimum atomic E-state index is -0.774. The third kappa shape index (κ3) is 7.61. The quantitative estimate of drug-likeness (QED) is 0.113. The molecule has 1 amide bonds. The van der Waals surface area contributed by atoms with Crippen LogP contribution < -0.4 is 14.2 Å². The molecule has 224 valence electrons. The number of likely N-dealkylation sites (tertiary alicyclic amines) is 1. The maximum Gasteiger partial charge on any atom is 0.295 e. The first kappa shape index (κ1) is 32.0. The number of likely N-dealkylation sites (N-methyl/N-ethyl adjacent to an activating group) is 1. The Hall–Kier alpha value is -3.52. The summed E-state index contributed by atoms with van der Waals surface area (Å²) in [6.07, 6.45) is 3.90. The van der Waals surface area contributed by atoms with E-state index in [4.69, 9.17) is 14.2 Å². The monoisotopic (exact) mass is 566 g/mol. The van der Waals surface area contributed by atoms with E-state index >= 15 is 0 Å². The van der Waals surface area contributed by atoms with Gasteiger partial charge in [0.2, 0.25) is 0 Å². The van der Waals surface area contributed by atoms with Crippen LogP contribution in [-0.4, -0.2) is 73.1 Å². The average molecular weight is 567 g/mol. The van der Waals surface area contributed by atoms with E-state index in [1.54, 1.807) is 30.2 Å². The molecule has 1 saturated heterocycles. The van der Waals surface area contributed by atoms with Crippen molar-refractivity contribution in [2.24, 2.45) is 0 Å². The van der Waals surface area contributed by atoms with Crippen LogP contribution >= 0.6 is 0 Å². The number of carbonyl (C=O) groups excluding carboxylic acids is 2.